The van der Waals surface area contributed by atoms with Gasteiger partial charge in [-0.1, -0.05) is 6.07 Å². The van der Waals surface area contributed by atoms with Crippen LogP contribution >= 0.6 is 27.7 Å². The monoisotopic (exact) mass is 349 g/mol. The minimum absolute atomic E-state index is 0.0736. The first-order chi connectivity index (χ1) is 8.49. The van der Waals surface area contributed by atoms with Gasteiger partial charge in [0.2, 0.25) is 10.0 Å². The Bertz CT molecular complexity index is 525. The number of rotatable bonds is 3. The maximum absolute atomic E-state index is 12.3. The first-order valence-electron chi connectivity index (χ1n) is 5.85. The van der Waals surface area contributed by atoms with E-state index in [9.17, 15) is 8.42 Å². The standard InChI is InChI=1S/C12H16BrNO2S2/c1-9-2-3-12(11(13)8-9)18(15,16)14-10-4-6-17-7-5-10/h2-3,8,10,14H,4-7H2,1H3. The summed E-state index contributed by atoms with van der Waals surface area (Å²) >= 11 is 5.21. The van der Waals surface area contributed by atoms with Gasteiger partial charge in [-0.2, -0.15) is 11.8 Å². The molecule has 0 unspecified atom stereocenters. The zero-order chi connectivity index (χ0) is 13.2. The molecule has 1 aromatic rings. The van der Waals surface area contributed by atoms with E-state index in [-0.39, 0.29) is 6.04 Å². The van der Waals surface area contributed by atoms with Gasteiger partial charge >= 0.3 is 0 Å². The highest BCUT2D eigenvalue weighted by molar-refractivity contribution is 9.10. The van der Waals surface area contributed by atoms with Crippen LogP contribution in [0.15, 0.2) is 27.6 Å². The Morgan fingerprint density at radius 3 is 2.61 bits per heavy atom. The summed E-state index contributed by atoms with van der Waals surface area (Å²) in [6.45, 7) is 1.94. The summed E-state index contributed by atoms with van der Waals surface area (Å²) in [6.07, 6.45) is 1.82. The topological polar surface area (TPSA) is 46.2 Å². The molecule has 100 valence electrons. The number of halogens is 1. The van der Waals surface area contributed by atoms with Gasteiger partial charge < -0.3 is 0 Å². The largest absolute Gasteiger partial charge is 0.241 e. The van der Waals surface area contributed by atoms with Crippen molar-refractivity contribution < 1.29 is 8.42 Å². The van der Waals surface area contributed by atoms with E-state index in [2.05, 4.69) is 20.7 Å². The van der Waals surface area contributed by atoms with Crippen molar-refractivity contribution >= 4 is 37.7 Å². The summed E-state index contributed by atoms with van der Waals surface area (Å²) in [7, 11) is -3.41. The van der Waals surface area contributed by atoms with Gasteiger partial charge in [0, 0.05) is 10.5 Å². The van der Waals surface area contributed by atoms with Crippen molar-refractivity contribution in [1.82, 2.24) is 4.72 Å². The van der Waals surface area contributed by atoms with Crippen LogP contribution in [0.5, 0.6) is 0 Å². The number of hydrogen-bond acceptors (Lipinski definition) is 3. The van der Waals surface area contributed by atoms with Crippen LogP contribution in [0.1, 0.15) is 18.4 Å². The van der Waals surface area contributed by atoms with Crippen LogP contribution in [-0.4, -0.2) is 26.0 Å². The highest BCUT2D eigenvalue weighted by Crippen LogP contribution is 2.25. The SMILES string of the molecule is Cc1ccc(S(=O)(=O)NC2CCSCC2)c(Br)c1. The Kier molecular flexibility index (Phi) is 4.75. The van der Waals surface area contributed by atoms with E-state index in [1.54, 1.807) is 6.07 Å². The van der Waals surface area contributed by atoms with Gasteiger partial charge in [0.25, 0.3) is 0 Å². The van der Waals surface area contributed by atoms with Crippen molar-refractivity contribution in [1.29, 1.82) is 0 Å². The summed E-state index contributed by atoms with van der Waals surface area (Å²) in [4.78, 5) is 0.325. The van der Waals surface area contributed by atoms with E-state index >= 15 is 0 Å². The average molecular weight is 350 g/mol. The molecule has 1 saturated heterocycles. The van der Waals surface area contributed by atoms with Gasteiger partial charge in [-0.25, -0.2) is 13.1 Å². The molecule has 1 aliphatic rings. The third-order valence-corrected chi connectivity index (χ3v) is 6.47. The molecule has 2 rings (SSSR count). The molecular weight excluding hydrogens is 334 g/mol. The Hall–Kier alpha value is -0.0400. The van der Waals surface area contributed by atoms with Crippen LogP contribution in [-0.2, 0) is 10.0 Å². The number of nitrogens with one attached hydrogen (secondary N) is 1. The molecule has 0 bridgehead atoms. The highest BCUT2D eigenvalue weighted by Gasteiger charge is 2.23. The van der Waals surface area contributed by atoms with E-state index in [0.29, 0.717) is 9.37 Å². The molecule has 1 aromatic carbocycles. The van der Waals surface area contributed by atoms with Crippen molar-refractivity contribution in [2.45, 2.75) is 30.7 Å². The van der Waals surface area contributed by atoms with Crippen LogP contribution in [0.4, 0.5) is 0 Å². The van der Waals surface area contributed by atoms with Gasteiger partial charge in [-0.15, -0.1) is 0 Å². The van der Waals surface area contributed by atoms with Gasteiger partial charge in [0.1, 0.15) is 0 Å². The zero-order valence-corrected chi connectivity index (χ0v) is 13.4. The highest BCUT2D eigenvalue weighted by atomic mass is 79.9. The lowest BCUT2D eigenvalue weighted by Crippen LogP contribution is -2.37. The second-order valence-electron chi connectivity index (χ2n) is 4.44. The van der Waals surface area contributed by atoms with E-state index in [1.807, 2.05) is 30.8 Å². The quantitative estimate of drug-likeness (QED) is 0.912. The van der Waals surface area contributed by atoms with Gasteiger partial charge in [-0.3, -0.25) is 0 Å². The van der Waals surface area contributed by atoms with Gasteiger partial charge in [-0.05, 0) is 64.9 Å². The lowest BCUT2D eigenvalue weighted by atomic mass is 10.2. The number of benzene rings is 1. The lowest BCUT2D eigenvalue weighted by Gasteiger charge is -2.22. The molecule has 0 aromatic heterocycles. The molecule has 0 amide bonds. The molecule has 0 atom stereocenters. The fraction of sp³-hybridized carbons (Fsp3) is 0.500. The molecular formula is C12H16BrNO2S2. The molecule has 1 aliphatic heterocycles. The fourth-order valence-electron chi connectivity index (χ4n) is 1.92. The first kappa shape index (κ1) is 14.4. The predicted octanol–water partition coefficient (Wildman–Crippen LogP) is 2.93. The lowest BCUT2D eigenvalue weighted by molar-refractivity contribution is 0.528. The average Bonchev–Trinajstić information content (AvgIpc) is 2.29. The minimum atomic E-state index is -3.41. The van der Waals surface area contributed by atoms with Crippen molar-refractivity contribution in [2.24, 2.45) is 0 Å². The van der Waals surface area contributed by atoms with Crippen LogP contribution < -0.4 is 4.72 Å². The van der Waals surface area contributed by atoms with E-state index in [0.717, 1.165) is 29.9 Å². The minimum Gasteiger partial charge on any atom is -0.208 e. The maximum Gasteiger partial charge on any atom is 0.241 e. The molecule has 0 saturated carbocycles. The van der Waals surface area contributed by atoms with Crippen LogP contribution in [0.25, 0.3) is 0 Å². The molecule has 6 heteroatoms. The molecule has 0 aliphatic carbocycles. The molecule has 1 heterocycles. The van der Waals surface area contributed by atoms with Gasteiger partial charge in [0.15, 0.2) is 0 Å². The molecule has 0 radical (unpaired) electrons. The summed E-state index contributed by atoms with van der Waals surface area (Å²) in [6, 6.07) is 5.37. The number of hydrogen-bond donors (Lipinski definition) is 1. The third kappa shape index (κ3) is 3.50. The van der Waals surface area contributed by atoms with Crippen LogP contribution in [0, 0.1) is 6.92 Å². The van der Waals surface area contributed by atoms with E-state index in [4.69, 9.17) is 0 Å². The zero-order valence-electron chi connectivity index (χ0n) is 10.1. The van der Waals surface area contributed by atoms with E-state index in [1.165, 1.54) is 0 Å². The van der Waals surface area contributed by atoms with Crippen molar-refractivity contribution in [3.05, 3.63) is 28.2 Å². The summed E-state index contributed by atoms with van der Waals surface area (Å²) < 4.78 is 28.0. The second-order valence-corrected chi connectivity index (χ2v) is 8.20. The Balaban J connectivity index is 2.19. The number of aryl methyl sites for hydroxylation is 1. The normalized spacial score (nSPS) is 17.9. The second kappa shape index (κ2) is 5.94. The summed E-state index contributed by atoms with van der Waals surface area (Å²) in [5, 5.41) is 0. The molecule has 18 heavy (non-hydrogen) atoms. The number of thioether (sulfide) groups is 1. The van der Waals surface area contributed by atoms with Crippen LogP contribution in [0.2, 0.25) is 0 Å². The summed E-state index contributed by atoms with van der Waals surface area (Å²) in [5.41, 5.74) is 1.04. The summed E-state index contributed by atoms with van der Waals surface area (Å²) in [5.74, 6) is 2.06. The molecule has 1 fully saturated rings. The fourth-order valence-corrected chi connectivity index (χ4v) is 5.53. The van der Waals surface area contributed by atoms with Crippen molar-refractivity contribution in [2.75, 3.05) is 11.5 Å². The Morgan fingerprint density at radius 2 is 2.00 bits per heavy atom. The Labute approximate surface area is 121 Å². The smallest absolute Gasteiger partial charge is 0.208 e. The first-order valence-corrected chi connectivity index (χ1v) is 9.28. The number of sulfonamides is 1. The van der Waals surface area contributed by atoms with Gasteiger partial charge in [0.05, 0.1) is 4.90 Å². The molecule has 0 spiro atoms. The Morgan fingerprint density at radius 1 is 1.33 bits per heavy atom. The van der Waals surface area contributed by atoms with E-state index < -0.39 is 10.0 Å². The predicted molar refractivity (Wildman–Crippen MR) is 79.5 cm³/mol. The molecule has 3 nitrogen and oxygen atoms in total. The van der Waals surface area contributed by atoms with Crippen molar-refractivity contribution in [3.8, 4) is 0 Å². The van der Waals surface area contributed by atoms with Crippen molar-refractivity contribution in [3.63, 3.8) is 0 Å². The third-order valence-electron chi connectivity index (χ3n) is 2.92. The van der Waals surface area contributed by atoms with Crippen LogP contribution in [0.3, 0.4) is 0 Å². The maximum atomic E-state index is 12.3. The molecule has 1 N–H and O–H groups in total.